The third kappa shape index (κ3) is 3.72. The van der Waals surface area contributed by atoms with E-state index in [1.807, 2.05) is 50.2 Å². The minimum absolute atomic E-state index is 0.00777. The van der Waals surface area contributed by atoms with Crippen molar-refractivity contribution in [1.82, 2.24) is 9.78 Å². The number of rotatable bonds is 5. The van der Waals surface area contributed by atoms with Gasteiger partial charge in [0.1, 0.15) is 5.69 Å². The van der Waals surface area contributed by atoms with Gasteiger partial charge < -0.3 is 5.32 Å². The molecule has 0 aliphatic heterocycles. The summed E-state index contributed by atoms with van der Waals surface area (Å²) in [5, 5.41) is 7.47. The Morgan fingerprint density at radius 3 is 2.23 bits per heavy atom. The number of para-hydroxylation sites is 1. The molecule has 3 rings (SSSR count). The van der Waals surface area contributed by atoms with Crippen molar-refractivity contribution in [1.29, 1.82) is 0 Å². The van der Waals surface area contributed by atoms with Gasteiger partial charge >= 0.3 is 0 Å². The lowest BCUT2D eigenvalue weighted by atomic mass is 10.1. The molecule has 132 valence electrons. The molecule has 1 aromatic heterocycles. The van der Waals surface area contributed by atoms with Crippen molar-refractivity contribution in [2.75, 3.05) is 5.32 Å². The molecule has 0 bridgehead atoms. The summed E-state index contributed by atoms with van der Waals surface area (Å²) in [6.07, 6.45) is 0. The molecule has 0 saturated carbocycles. The number of aromatic nitrogens is 2. The minimum Gasteiger partial charge on any atom is -0.321 e. The quantitative estimate of drug-likeness (QED) is 0.694. The zero-order valence-electron chi connectivity index (χ0n) is 15.1. The van der Waals surface area contributed by atoms with Crippen LogP contribution < -0.4 is 5.32 Å². The molecule has 0 radical (unpaired) electrons. The number of anilines is 1. The second-order valence-corrected chi connectivity index (χ2v) is 6.44. The molecular formula is C21H21N3O2. The monoisotopic (exact) mass is 347 g/mol. The Kier molecular flexibility index (Phi) is 4.98. The van der Waals surface area contributed by atoms with Crippen molar-refractivity contribution < 1.29 is 9.59 Å². The summed E-state index contributed by atoms with van der Waals surface area (Å²) >= 11 is 0. The summed E-state index contributed by atoms with van der Waals surface area (Å²) in [4.78, 5) is 24.2. The maximum Gasteiger partial charge on any atom is 0.274 e. The predicted molar refractivity (Wildman–Crippen MR) is 102 cm³/mol. The molecule has 0 spiro atoms. The third-order valence-electron chi connectivity index (χ3n) is 4.10. The first-order valence-corrected chi connectivity index (χ1v) is 8.53. The van der Waals surface area contributed by atoms with Crippen LogP contribution in [0.25, 0.3) is 5.69 Å². The molecule has 0 unspecified atom stereocenters. The van der Waals surface area contributed by atoms with Crippen molar-refractivity contribution in [2.24, 2.45) is 0 Å². The van der Waals surface area contributed by atoms with Crippen LogP contribution in [0.2, 0.25) is 0 Å². The number of amides is 1. The van der Waals surface area contributed by atoms with Crippen molar-refractivity contribution in [3.05, 3.63) is 77.6 Å². The number of carbonyl (C=O) groups is 2. The SMILES string of the molecule is CC(=O)c1ccc(NC(=O)c2cc(C(C)C)nn2-c2ccccc2)cc1. The Labute approximate surface area is 152 Å². The Bertz CT molecular complexity index is 926. The van der Waals surface area contributed by atoms with Crippen LogP contribution in [0.3, 0.4) is 0 Å². The van der Waals surface area contributed by atoms with Gasteiger partial charge in [-0.15, -0.1) is 0 Å². The van der Waals surface area contributed by atoms with Crippen LogP contribution in [-0.2, 0) is 0 Å². The smallest absolute Gasteiger partial charge is 0.274 e. The topological polar surface area (TPSA) is 64.0 Å². The highest BCUT2D eigenvalue weighted by molar-refractivity contribution is 6.04. The van der Waals surface area contributed by atoms with Crippen LogP contribution in [0.15, 0.2) is 60.7 Å². The van der Waals surface area contributed by atoms with Gasteiger partial charge in [-0.2, -0.15) is 5.10 Å². The largest absolute Gasteiger partial charge is 0.321 e. The van der Waals surface area contributed by atoms with Gasteiger partial charge in [0.2, 0.25) is 0 Å². The summed E-state index contributed by atoms with van der Waals surface area (Å²) in [5.41, 5.74) is 3.39. The van der Waals surface area contributed by atoms with Gasteiger partial charge in [0.25, 0.3) is 5.91 Å². The molecule has 5 heteroatoms. The lowest BCUT2D eigenvalue weighted by Gasteiger charge is -2.08. The fraction of sp³-hybridized carbons (Fsp3) is 0.190. The number of nitrogens with one attached hydrogen (secondary N) is 1. The van der Waals surface area contributed by atoms with Gasteiger partial charge in [0.05, 0.1) is 11.4 Å². The van der Waals surface area contributed by atoms with Crippen LogP contribution in [0.5, 0.6) is 0 Å². The molecule has 0 aliphatic rings. The number of nitrogens with zero attached hydrogens (tertiary/aromatic N) is 2. The number of hydrogen-bond acceptors (Lipinski definition) is 3. The first-order valence-electron chi connectivity index (χ1n) is 8.53. The Morgan fingerprint density at radius 1 is 1.00 bits per heavy atom. The lowest BCUT2D eigenvalue weighted by molar-refractivity contribution is 0.101. The minimum atomic E-state index is -0.246. The van der Waals surface area contributed by atoms with E-state index in [-0.39, 0.29) is 17.6 Å². The van der Waals surface area contributed by atoms with E-state index in [4.69, 9.17) is 0 Å². The van der Waals surface area contributed by atoms with Gasteiger partial charge in [0, 0.05) is 11.3 Å². The molecule has 0 saturated heterocycles. The van der Waals surface area contributed by atoms with Gasteiger partial charge in [-0.3, -0.25) is 9.59 Å². The molecule has 3 aromatic rings. The highest BCUT2D eigenvalue weighted by atomic mass is 16.2. The molecule has 1 N–H and O–H groups in total. The van der Waals surface area contributed by atoms with Crippen molar-refractivity contribution in [3.63, 3.8) is 0 Å². The van der Waals surface area contributed by atoms with Gasteiger partial charge in [0.15, 0.2) is 5.78 Å². The molecule has 26 heavy (non-hydrogen) atoms. The highest BCUT2D eigenvalue weighted by Crippen LogP contribution is 2.20. The van der Waals surface area contributed by atoms with Crippen molar-refractivity contribution in [2.45, 2.75) is 26.7 Å². The average molecular weight is 347 g/mol. The molecule has 1 heterocycles. The number of ketones is 1. The summed E-state index contributed by atoms with van der Waals surface area (Å²) in [5.74, 6) is -0.0446. The Balaban J connectivity index is 1.92. The van der Waals surface area contributed by atoms with E-state index < -0.39 is 0 Å². The van der Waals surface area contributed by atoms with E-state index in [0.29, 0.717) is 16.9 Å². The van der Waals surface area contributed by atoms with Crippen LogP contribution in [0, 0.1) is 0 Å². The maximum atomic E-state index is 12.8. The summed E-state index contributed by atoms with van der Waals surface area (Å²) in [6.45, 7) is 5.60. The zero-order valence-corrected chi connectivity index (χ0v) is 15.1. The van der Waals surface area contributed by atoms with Crippen molar-refractivity contribution >= 4 is 17.4 Å². The highest BCUT2D eigenvalue weighted by Gasteiger charge is 2.18. The standard InChI is InChI=1S/C21H21N3O2/c1-14(2)19-13-20(24(23-19)18-7-5-4-6-8-18)21(26)22-17-11-9-16(10-12-17)15(3)25/h4-14H,1-3H3,(H,22,26). The predicted octanol–water partition coefficient (Wildman–Crippen LogP) is 4.45. The molecule has 5 nitrogen and oxygen atoms in total. The van der Waals surface area contributed by atoms with Gasteiger partial charge in [-0.25, -0.2) is 4.68 Å². The first-order chi connectivity index (χ1) is 12.5. The van der Waals surface area contributed by atoms with E-state index in [1.54, 1.807) is 28.9 Å². The Morgan fingerprint density at radius 2 is 1.65 bits per heavy atom. The van der Waals surface area contributed by atoms with E-state index >= 15 is 0 Å². The molecular weight excluding hydrogens is 326 g/mol. The van der Waals surface area contributed by atoms with Gasteiger partial charge in [-0.05, 0) is 55.3 Å². The van der Waals surface area contributed by atoms with E-state index in [2.05, 4.69) is 10.4 Å². The molecule has 0 aliphatic carbocycles. The molecule has 1 amide bonds. The van der Waals surface area contributed by atoms with Crippen LogP contribution in [0.1, 0.15) is 53.2 Å². The van der Waals surface area contributed by atoms with Crippen LogP contribution in [-0.4, -0.2) is 21.5 Å². The second-order valence-electron chi connectivity index (χ2n) is 6.44. The summed E-state index contributed by atoms with van der Waals surface area (Å²) < 4.78 is 1.66. The molecule has 2 aromatic carbocycles. The fourth-order valence-electron chi connectivity index (χ4n) is 2.59. The van der Waals surface area contributed by atoms with E-state index in [0.717, 1.165) is 11.4 Å². The van der Waals surface area contributed by atoms with Gasteiger partial charge in [-0.1, -0.05) is 32.0 Å². The zero-order chi connectivity index (χ0) is 18.7. The third-order valence-corrected chi connectivity index (χ3v) is 4.10. The number of hydrogen-bond donors (Lipinski definition) is 1. The summed E-state index contributed by atoms with van der Waals surface area (Å²) in [7, 11) is 0. The fourth-order valence-corrected chi connectivity index (χ4v) is 2.59. The first kappa shape index (κ1) is 17.6. The molecule has 0 fully saturated rings. The van der Waals surface area contributed by atoms with Crippen molar-refractivity contribution in [3.8, 4) is 5.69 Å². The Hall–Kier alpha value is -3.21. The maximum absolute atomic E-state index is 12.8. The second kappa shape index (κ2) is 7.35. The number of benzene rings is 2. The van der Waals surface area contributed by atoms with E-state index in [1.165, 1.54) is 6.92 Å². The molecule has 0 atom stereocenters. The number of Topliss-reactive ketones (excluding diaryl/α,β-unsaturated/α-hetero) is 1. The van der Waals surface area contributed by atoms with E-state index in [9.17, 15) is 9.59 Å². The van der Waals surface area contributed by atoms with Crippen LogP contribution >= 0.6 is 0 Å². The number of carbonyl (C=O) groups excluding carboxylic acids is 2. The van der Waals surface area contributed by atoms with Crippen LogP contribution in [0.4, 0.5) is 5.69 Å². The average Bonchev–Trinajstić information content (AvgIpc) is 3.09. The lowest BCUT2D eigenvalue weighted by Crippen LogP contribution is -2.17. The summed E-state index contributed by atoms with van der Waals surface area (Å²) in [6, 6.07) is 18.2. The normalized spacial score (nSPS) is 10.8.